The van der Waals surface area contributed by atoms with Gasteiger partial charge in [-0.3, -0.25) is 0 Å². The fraction of sp³-hybridized carbons (Fsp3) is 0.429. The Kier molecular flexibility index (Phi) is 3.80. The monoisotopic (exact) mass is 389 g/mol. The van der Waals surface area contributed by atoms with Gasteiger partial charge in [-0.2, -0.15) is 5.10 Å². The lowest BCUT2D eigenvalue weighted by Crippen LogP contribution is -2.30. The summed E-state index contributed by atoms with van der Waals surface area (Å²) in [5.74, 6) is 2.52. The van der Waals surface area contributed by atoms with Crippen LogP contribution in [-0.4, -0.2) is 41.4 Å². The summed E-state index contributed by atoms with van der Waals surface area (Å²) in [6.45, 7) is 0.780. The molecule has 6 rings (SSSR count). The highest BCUT2D eigenvalue weighted by atomic mass is 16.3. The van der Waals surface area contributed by atoms with Crippen LogP contribution >= 0.6 is 0 Å². The van der Waals surface area contributed by atoms with Crippen LogP contribution in [-0.2, 0) is 6.54 Å². The predicted molar refractivity (Wildman–Crippen MR) is 110 cm³/mol. The van der Waals surface area contributed by atoms with E-state index >= 15 is 0 Å². The first-order valence-electron chi connectivity index (χ1n) is 10.3. The highest BCUT2D eigenvalue weighted by molar-refractivity contribution is 5.83. The van der Waals surface area contributed by atoms with Gasteiger partial charge in [0.1, 0.15) is 5.82 Å². The first kappa shape index (κ1) is 16.9. The molecular weight excluding hydrogens is 366 g/mol. The van der Waals surface area contributed by atoms with Crippen molar-refractivity contribution in [1.29, 1.82) is 0 Å². The average molecular weight is 389 g/mol. The lowest BCUT2D eigenvalue weighted by Gasteiger charge is -2.34. The minimum atomic E-state index is 0.242. The van der Waals surface area contributed by atoms with E-state index in [0.717, 1.165) is 52.4 Å². The molecule has 3 N–H and O–H groups in total. The predicted octanol–water partition coefficient (Wildman–Crippen LogP) is 3.14. The number of nitrogens with one attached hydrogen (secondary N) is 2. The molecule has 8 heteroatoms. The number of aliphatic hydroxyl groups is 1. The molecule has 0 unspecified atom stereocenters. The van der Waals surface area contributed by atoms with Gasteiger partial charge in [0.05, 0.1) is 29.3 Å². The summed E-state index contributed by atoms with van der Waals surface area (Å²) in [5.41, 5.74) is 4.71. The molecule has 3 heterocycles. The maximum Gasteiger partial charge on any atom is 0.179 e. The molecule has 0 spiro atoms. The summed E-state index contributed by atoms with van der Waals surface area (Å²) in [6, 6.07) is 8.28. The SMILES string of the molecule is OCC1CC(n2nc(NCc3nc4ccccc4[nH]3)c3ncc(C4CC4)nc32)C1. The van der Waals surface area contributed by atoms with Crippen molar-refractivity contribution >= 4 is 28.0 Å². The molecule has 0 aliphatic heterocycles. The fourth-order valence-electron chi connectivity index (χ4n) is 4.18. The van der Waals surface area contributed by atoms with Gasteiger partial charge < -0.3 is 15.4 Å². The Labute approximate surface area is 167 Å². The number of anilines is 1. The summed E-state index contributed by atoms with van der Waals surface area (Å²) in [6.07, 6.45) is 6.16. The Balaban J connectivity index is 1.32. The zero-order valence-corrected chi connectivity index (χ0v) is 16.0. The molecule has 2 saturated carbocycles. The van der Waals surface area contributed by atoms with E-state index in [1.165, 1.54) is 12.8 Å². The zero-order valence-electron chi connectivity index (χ0n) is 16.0. The number of aromatic amines is 1. The molecule has 0 radical (unpaired) electrons. The highest BCUT2D eigenvalue weighted by Crippen LogP contribution is 2.42. The Morgan fingerprint density at radius 2 is 2.03 bits per heavy atom. The van der Waals surface area contributed by atoms with Gasteiger partial charge in [0.25, 0.3) is 0 Å². The van der Waals surface area contributed by atoms with Crippen molar-refractivity contribution in [3.05, 3.63) is 42.0 Å². The topological polar surface area (TPSA) is 105 Å². The third-order valence-corrected chi connectivity index (χ3v) is 6.09. The summed E-state index contributed by atoms with van der Waals surface area (Å²) in [5, 5.41) is 17.6. The zero-order chi connectivity index (χ0) is 19.4. The summed E-state index contributed by atoms with van der Waals surface area (Å²) >= 11 is 0. The quantitative estimate of drug-likeness (QED) is 0.468. The third kappa shape index (κ3) is 2.95. The van der Waals surface area contributed by atoms with Crippen LogP contribution in [0.1, 0.15) is 49.2 Å². The number of aromatic nitrogens is 6. The van der Waals surface area contributed by atoms with Crippen LogP contribution in [0.15, 0.2) is 30.5 Å². The third-order valence-electron chi connectivity index (χ3n) is 6.09. The summed E-state index contributed by atoms with van der Waals surface area (Å²) in [4.78, 5) is 17.6. The molecule has 0 amide bonds. The van der Waals surface area contributed by atoms with Crippen LogP contribution in [0.2, 0.25) is 0 Å². The van der Waals surface area contributed by atoms with Gasteiger partial charge in [-0.1, -0.05) is 12.1 Å². The van der Waals surface area contributed by atoms with Gasteiger partial charge in [0.15, 0.2) is 17.0 Å². The molecule has 8 nitrogen and oxygen atoms in total. The number of aliphatic hydroxyl groups excluding tert-OH is 1. The number of H-pyrrole nitrogens is 1. The van der Waals surface area contributed by atoms with Gasteiger partial charge in [-0.05, 0) is 43.7 Å². The van der Waals surface area contributed by atoms with E-state index in [4.69, 9.17) is 15.1 Å². The smallest absolute Gasteiger partial charge is 0.179 e. The molecule has 1 aromatic carbocycles. The van der Waals surface area contributed by atoms with Crippen LogP contribution in [0, 0.1) is 5.92 Å². The number of fused-ring (bicyclic) bond motifs is 2. The van der Waals surface area contributed by atoms with E-state index < -0.39 is 0 Å². The van der Waals surface area contributed by atoms with E-state index in [1.54, 1.807) is 0 Å². The number of nitrogens with zero attached hydrogens (tertiary/aromatic N) is 5. The average Bonchev–Trinajstić information content (AvgIpc) is 3.38. The van der Waals surface area contributed by atoms with Crippen molar-refractivity contribution in [1.82, 2.24) is 29.7 Å². The van der Waals surface area contributed by atoms with E-state index in [-0.39, 0.29) is 12.6 Å². The van der Waals surface area contributed by atoms with Crippen LogP contribution in [0.3, 0.4) is 0 Å². The molecule has 3 aromatic heterocycles. The van der Waals surface area contributed by atoms with Crippen molar-refractivity contribution < 1.29 is 5.11 Å². The Hall–Kier alpha value is -3.00. The number of para-hydroxylation sites is 2. The molecule has 148 valence electrons. The van der Waals surface area contributed by atoms with Crippen molar-refractivity contribution in [3.63, 3.8) is 0 Å². The van der Waals surface area contributed by atoms with Gasteiger partial charge in [-0.25, -0.2) is 19.6 Å². The van der Waals surface area contributed by atoms with Crippen LogP contribution in [0.4, 0.5) is 5.82 Å². The van der Waals surface area contributed by atoms with Crippen LogP contribution < -0.4 is 5.32 Å². The van der Waals surface area contributed by atoms with E-state index in [0.29, 0.717) is 18.4 Å². The highest BCUT2D eigenvalue weighted by Gasteiger charge is 2.34. The van der Waals surface area contributed by atoms with Gasteiger partial charge >= 0.3 is 0 Å². The van der Waals surface area contributed by atoms with Gasteiger partial charge in [0.2, 0.25) is 0 Å². The number of hydrogen-bond donors (Lipinski definition) is 3. The van der Waals surface area contributed by atoms with Gasteiger partial charge in [0, 0.05) is 18.7 Å². The first-order valence-corrected chi connectivity index (χ1v) is 10.3. The lowest BCUT2D eigenvalue weighted by atomic mass is 9.81. The molecule has 4 aromatic rings. The second-order valence-corrected chi connectivity index (χ2v) is 8.26. The largest absolute Gasteiger partial charge is 0.396 e. The first-order chi connectivity index (χ1) is 14.3. The van der Waals surface area contributed by atoms with E-state index in [2.05, 4.69) is 15.3 Å². The second kappa shape index (κ2) is 6.52. The van der Waals surface area contributed by atoms with Crippen molar-refractivity contribution in [2.24, 2.45) is 5.92 Å². The van der Waals surface area contributed by atoms with Crippen molar-refractivity contribution in [2.45, 2.75) is 44.2 Å². The van der Waals surface area contributed by atoms with Gasteiger partial charge in [-0.15, -0.1) is 0 Å². The molecule has 2 aliphatic rings. The maximum absolute atomic E-state index is 9.38. The van der Waals surface area contributed by atoms with E-state index in [1.807, 2.05) is 35.1 Å². The van der Waals surface area contributed by atoms with E-state index in [9.17, 15) is 5.11 Å². The van der Waals surface area contributed by atoms with Crippen molar-refractivity contribution in [2.75, 3.05) is 11.9 Å². The molecule has 0 saturated heterocycles. The standard InChI is InChI=1S/C21H23N7O/c29-11-12-7-14(8-12)28-21-19(22-9-17(26-21)13-5-6-13)20(27-28)23-10-18-24-15-3-1-2-4-16(15)25-18/h1-4,9,12-14,29H,5-8,10-11H2,(H,23,27)(H,24,25). The summed E-state index contributed by atoms with van der Waals surface area (Å²) < 4.78 is 2.02. The minimum Gasteiger partial charge on any atom is -0.396 e. The number of rotatable bonds is 6. The molecule has 2 fully saturated rings. The maximum atomic E-state index is 9.38. The van der Waals surface area contributed by atoms with Crippen LogP contribution in [0.25, 0.3) is 22.2 Å². The second-order valence-electron chi connectivity index (χ2n) is 8.26. The Morgan fingerprint density at radius 3 is 2.83 bits per heavy atom. The fourth-order valence-corrected chi connectivity index (χ4v) is 4.18. The summed E-state index contributed by atoms with van der Waals surface area (Å²) in [7, 11) is 0. The van der Waals surface area contributed by atoms with Crippen LogP contribution in [0.5, 0.6) is 0 Å². The minimum absolute atomic E-state index is 0.242. The molecule has 29 heavy (non-hydrogen) atoms. The number of hydrogen-bond acceptors (Lipinski definition) is 6. The Morgan fingerprint density at radius 1 is 1.17 bits per heavy atom. The molecule has 2 aliphatic carbocycles. The molecule has 0 atom stereocenters. The lowest BCUT2D eigenvalue weighted by molar-refractivity contribution is 0.108. The Bertz CT molecular complexity index is 1150. The number of benzene rings is 1. The van der Waals surface area contributed by atoms with Crippen molar-refractivity contribution in [3.8, 4) is 0 Å². The molecule has 0 bridgehead atoms. The normalized spacial score (nSPS) is 21.6. The molecular formula is C21H23N7O. The number of imidazole rings is 1.